The van der Waals surface area contributed by atoms with E-state index in [9.17, 15) is 4.79 Å². The van der Waals surface area contributed by atoms with Gasteiger partial charge in [-0.05, 0) is 30.2 Å². The summed E-state index contributed by atoms with van der Waals surface area (Å²) in [7, 11) is 0. The van der Waals surface area contributed by atoms with Crippen LogP contribution in [0.2, 0.25) is 0 Å². The first kappa shape index (κ1) is 9.09. The lowest BCUT2D eigenvalue weighted by Gasteiger charge is -2.00. The number of aryl methyl sites for hydroxylation is 1. The van der Waals surface area contributed by atoms with Gasteiger partial charge < -0.3 is 5.11 Å². The molecule has 0 aliphatic rings. The third-order valence-electron chi connectivity index (χ3n) is 1.60. The molecule has 0 unspecified atom stereocenters. The number of hydrogen-bond acceptors (Lipinski definition) is 2. The van der Waals surface area contributed by atoms with Crippen molar-refractivity contribution in [2.24, 2.45) is 5.11 Å². The van der Waals surface area contributed by atoms with Gasteiger partial charge in [-0.3, -0.25) is 0 Å². The highest BCUT2D eigenvalue weighted by Gasteiger charge is 2.05. The van der Waals surface area contributed by atoms with Crippen LogP contribution in [0.25, 0.3) is 10.4 Å². The normalized spacial score (nSPS) is 9.00. The van der Waals surface area contributed by atoms with E-state index in [4.69, 9.17) is 10.6 Å². The lowest BCUT2D eigenvalue weighted by atomic mass is 10.1. The van der Waals surface area contributed by atoms with Crippen molar-refractivity contribution in [2.45, 2.75) is 6.92 Å². The van der Waals surface area contributed by atoms with Crippen LogP contribution < -0.4 is 0 Å². The van der Waals surface area contributed by atoms with E-state index in [0.29, 0.717) is 11.3 Å². The molecule has 0 heterocycles. The molecule has 13 heavy (non-hydrogen) atoms. The van der Waals surface area contributed by atoms with E-state index < -0.39 is 5.97 Å². The number of carboxylic acids is 1. The van der Waals surface area contributed by atoms with Gasteiger partial charge in [-0.2, -0.15) is 0 Å². The SMILES string of the molecule is Cc1cc(N=[N+]=[N-])ccc1C(=O)O. The number of carboxylic acid groups (broad SMARTS) is 1. The Bertz CT molecular complexity index is 394. The predicted octanol–water partition coefficient (Wildman–Crippen LogP) is 2.64. The molecule has 0 saturated carbocycles. The van der Waals surface area contributed by atoms with Crippen LogP contribution in [0.3, 0.4) is 0 Å². The molecule has 0 amide bonds. The zero-order valence-corrected chi connectivity index (χ0v) is 6.93. The Morgan fingerprint density at radius 1 is 1.62 bits per heavy atom. The van der Waals surface area contributed by atoms with Gasteiger partial charge in [0.15, 0.2) is 0 Å². The summed E-state index contributed by atoms with van der Waals surface area (Å²) in [4.78, 5) is 13.2. The average Bonchev–Trinajstić information content (AvgIpc) is 2.04. The van der Waals surface area contributed by atoms with Crippen molar-refractivity contribution >= 4 is 11.7 Å². The molecule has 0 spiro atoms. The average molecular weight is 177 g/mol. The van der Waals surface area contributed by atoms with Gasteiger partial charge in [0.05, 0.1) is 5.56 Å². The molecule has 5 heteroatoms. The van der Waals surface area contributed by atoms with Crippen molar-refractivity contribution in [2.75, 3.05) is 0 Å². The second-order valence-corrected chi connectivity index (χ2v) is 2.49. The van der Waals surface area contributed by atoms with Crippen LogP contribution in [0.4, 0.5) is 5.69 Å². The molecule has 1 aromatic rings. The third-order valence-corrected chi connectivity index (χ3v) is 1.60. The lowest BCUT2D eigenvalue weighted by Crippen LogP contribution is -1.98. The monoisotopic (exact) mass is 177 g/mol. The van der Waals surface area contributed by atoms with Crippen LogP contribution >= 0.6 is 0 Å². The summed E-state index contributed by atoms with van der Waals surface area (Å²) >= 11 is 0. The van der Waals surface area contributed by atoms with Gasteiger partial charge in [0.25, 0.3) is 0 Å². The second-order valence-electron chi connectivity index (χ2n) is 2.49. The highest BCUT2D eigenvalue weighted by molar-refractivity contribution is 5.89. The minimum absolute atomic E-state index is 0.219. The fraction of sp³-hybridized carbons (Fsp3) is 0.125. The number of benzene rings is 1. The van der Waals surface area contributed by atoms with E-state index in [-0.39, 0.29) is 5.56 Å². The summed E-state index contributed by atoms with van der Waals surface area (Å²) < 4.78 is 0. The van der Waals surface area contributed by atoms with Crippen LogP contribution in [-0.4, -0.2) is 11.1 Å². The van der Waals surface area contributed by atoms with Crippen molar-refractivity contribution in [3.05, 3.63) is 39.8 Å². The highest BCUT2D eigenvalue weighted by atomic mass is 16.4. The van der Waals surface area contributed by atoms with E-state index in [1.165, 1.54) is 18.2 Å². The minimum atomic E-state index is -0.981. The molecule has 1 N–H and O–H groups in total. The third kappa shape index (κ3) is 1.98. The van der Waals surface area contributed by atoms with Crippen molar-refractivity contribution in [3.8, 4) is 0 Å². The van der Waals surface area contributed by atoms with Gasteiger partial charge in [0.1, 0.15) is 0 Å². The summed E-state index contributed by atoms with van der Waals surface area (Å²) in [6, 6.07) is 4.42. The number of aromatic carboxylic acids is 1. The molecular weight excluding hydrogens is 170 g/mol. The highest BCUT2D eigenvalue weighted by Crippen LogP contribution is 2.17. The van der Waals surface area contributed by atoms with Crippen LogP contribution in [0.15, 0.2) is 23.3 Å². The Morgan fingerprint density at radius 3 is 2.77 bits per heavy atom. The molecule has 0 bridgehead atoms. The maximum Gasteiger partial charge on any atom is 0.335 e. The minimum Gasteiger partial charge on any atom is -0.478 e. The first-order valence-electron chi connectivity index (χ1n) is 3.54. The molecule has 5 nitrogen and oxygen atoms in total. The van der Waals surface area contributed by atoms with Crippen molar-refractivity contribution in [1.82, 2.24) is 0 Å². The molecule has 0 fully saturated rings. The molecule has 1 aromatic carbocycles. The van der Waals surface area contributed by atoms with Gasteiger partial charge in [0.2, 0.25) is 0 Å². The van der Waals surface area contributed by atoms with E-state index in [1.54, 1.807) is 6.92 Å². The molecule has 1 rings (SSSR count). The summed E-state index contributed by atoms with van der Waals surface area (Å²) in [6.07, 6.45) is 0. The van der Waals surface area contributed by atoms with E-state index in [1.807, 2.05) is 0 Å². The smallest absolute Gasteiger partial charge is 0.335 e. The second kappa shape index (κ2) is 3.60. The number of azide groups is 1. The standard InChI is InChI=1S/C8H7N3O2/c1-5-4-6(10-11-9)2-3-7(5)8(12)13/h2-4H,1H3,(H,12,13). The fourth-order valence-corrected chi connectivity index (χ4v) is 1.00. The Morgan fingerprint density at radius 2 is 2.31 bits per heavy atom. The van der Waals surface area contributed by atoms with Gasteiger partial charge in [-0.15, -0.1) is 0 Å². The molecular formula is C8H7N3O2. The van der Waals surface area contributed by atoms with Crippen LogP contribution in [-0.2, 0) is 0 Å². The molecule has 0 aliphatic heterocycles. The van der Waals surface area contributed by atoms with Crippen molar-refractivity contribution < 1.29 is 9.90 Å². The summed E-state index contributed by atoms with van der Waals surface area (Å²) in [5.41, 5.74) is 9.35. The summed E-state index contributed by atoms with van der Waals surface area (Å²) in [5, 5.41) is 12.0. The Hall–Kier alpha value is -2.00. The van der Waals surface area contributed by atoms with Crippen molar-refractivity contribution in [1.29, 1.82) is 0 Å². The quantitative estimate of drug-likeness (QED) is 0.427. The van der Waals surface area contributed by atoms with Crippen LogP contribution in [0.1, 0.15) is 15.9 Å². The number of hydrogen-bond donors (Lipinski definition) is 1. The summed E-state index contributed by atoms with van der Waals surface area (Å²) in [5.74, 6) is -0.981. The molecule has 66 valence electrons. The van der Waals surface area contributed by atoms with Gasteiger partial charge in [0, 0.05) is 10.6 Å². The van der Waals surface area contributed by atoms with E-state index >= 15 is 0 Å². The first-order valence-corrected chi connectivity index (χ1v) is 3.54. The predicted molar refractivity (Wildman–Crippen MR) is 46.9 cm³/mol. The zero-order valence-electron chi connectivity index (χ0n) is 6.93. The van der Waals surface area contributed by atoms with Crippen LogP contribution in [0.5, 0.6) is 0 Å². The maximum absolute atomic E-state index is 10.6. The molecule has 0 atom stereocenters. The Balaban J connectivity index is 3.19. The van der Waals surface area contributed by atoms with Crippen molar-refractivity contribution in [3.63, 3.8) is 0 Å². The van der Waals surface area contributed by atoms with Gasteiger partial charge in [-0.1, -0.05) is 11.2 Å². The molecule has 0 saturated heterocycles. The Kier molecular flexibility index (Phi) is 2.52. The van der Waals surface area contributed by atoms with Gasteiger partial charge >= 0.3 is 5.97 Å². The topological polar surface area (TPSA) is 86.1 Å². The Labute approximate surface area is 74.3 Å². The first-order chi connectivity index (χ1) is 6.15. The molecule has 0 radical (unpaired) electrons. The zero-order chi connectivity index (χ0) is 9.84. The largest absolute Gasteiger partial charge is 0.478 e. The molecule has 0 aromatic heterocycles. The van der Waals surface area contributed by atoms with Crippen LogP contribution in [0, 0.1) is 6.92 Å². The maximum atomic E-state index is 10.6. The van der Waals surface area contributed by atoms with E-state index in [2.05, 4.69) is 10.0 Å². The summed E-state index contributed by atoms with van der Waals surface area (Å²) in [6.45, 7) is 1.65. The van der Waals surface area contributed by atoms with Gasteiger partial charge in [-0.25, -0.2) is 4.79 Å². The number of nitrogens with zero attached hydrogens (tertiary/aromatic N) is 3. The number of carbonyl (C=O) groups is 1. The van der Waals surface area contributed by atoms with E-state index in [0.717, 1.165) is 0 Å². The molecule has 0 aliphatic carbocycles. The lowest BCUT2D eigenvalue weighted by molar-refractivity contribution is 0.0696. The number of rotatable bonds is 2. The fourth-order valence-electron chi connectivity index (χ4n) is 1.00.